The average Bonchev–Trinajstić information content (AvgIpc) is 2.27. The fraction of sp³-hybridized carbons (Fsp3) is 1.00. The molecule has 0 aliphatic carbocycles. The minimum absolute atomic E-state index is 0.0490. The van der Waals surface area contributed by atoms with Crippen molar-refractivity contribution in [1.82, 2.24) is 5.32 Å². The molecule has 0 saturated carbocycles. The van der Waals surface area contributed by atoms with Crippen molar-refractivity contribution < 1.29 is 28.4 Å². The van der Waals surface area contributed by atoms with E-state index < -0.39 is 34.0 Å². The van der Waals surface area contributed by atoms with Gasteiger partial charge < -0.3 is 0 Å². The van der Waals surface area contributed by atoms with E-state index in [1.807, 2.05) is 13.8 Å². The van der Waals surface area contributed by atoms with E-state index in [9.17, 15) is 28.4 Å². The van der Waals surface area contributed by atoms with E-state index in [2.05, 4.69) is 5.32 Å². The second-order valence-electron chi connectivity index (χ2n) is 4.38. The first kappa shape index (κ1) is 16.7. The second-order valence-corrected chi connectivity index (χ2v) is 6.19. The molecule has 7 nitrogen and oxygen atoms in total. The number of aliphatic hydroxyl groups excluding tert-OH is 3. The van der Waals surface area contributed by atoms with Crippen LogP contribution in [-0.4, -0.2) is 54.5 Å². The molecule has 0 aromatic rings. The van der Waals surface area contributed by atoms with Crippen molar-refractivity contribution in [1.29, 1.82) is 0 Å². The molecule has 0 aliphatic heterocycles. The van der Waals surface area contributed by atoms with Crippen LogP contribution in [-0.2, 0) is 14.4 Å². The fourth-order valence-corrected chi connectivity index (χ4v) is 2.03. The normalized spacial score (nSPS) is 14.7. The molecule has 0 saturated heterocycles. The van der Waals surface area contributed by atoms with Gasteiger partial charge in [0.25, 0.3) is 0 Å². The van der Waals surface area contributed by atoms with E-state index in [0.29, 0.717) is 0 Å². The van der Waals surface area contributed by atoms with Gasteiger partial charge in [-0.25, -0.2) is 0 Å². The Bertz CT molecular complexity index is 340. The van der Waals surface area contributed by atoms with Crippen LogP contribution in [0.3, 0.4) is 0 Å². The summed E-state index contributed by atoms with van der Waals surface area (Å²) in [5.74, 6) is 0.0490. The molecule has 0 aliphatic rings. The zero-order valence-electron chi connectivity index (χ0n) is 9.83. The van der Waals surface area contributed by atoms with Gasteiger partial charge in [-0.3, -0.25) is 0 Å². The summed E-state index contributed by atoms with van der Waals surface area (Å²) in [6.07, 6.45) is -0.134. The fourth-order valence-electron chi connectivity index (χ4n) is 1.51. The van der Waals surface area contributed by atoms with Gasteiger partial charge in [0, 0.05) is 0 Å². The van der Waals surface area contributed by atoms with Gasteiger partial charge in [-0.15, -0.1) is 0 Å². The van der Waals surface area contributed by atoms with Gasteiger partial charge in [0.05, 0.1) is 0 Å². The zero-order chi connectivity index (χ0) is 13.7. The van der Waals surface area contributed by atoms with Gasteiger partial charge in [-0.1, -0.05) is 0 Å². The van der Waals surface area contributed by atoms with Crippen LogP contribution in [0.5, 0.6) is 0 Å². The Kier molecular flexibility index (Phi) is 6.42. The monoisotopic (exact) mass is 267 g/mol. The Labute approximate surface area is 101 Å². The van der Waals surface area contributed by atoms with Gasteiger partial charge in [0.1, 0.15) is 0 Å². The Morgan fingerprint density at radius 3 is 2.06 bits per heavy atom. The third kappa shape index (κ3) is 4.80. The summed E-state index contributed by atoms with van der Waals surface area (Å²) in [7, 11) is -4.35. The quantitative estimate of drug-likeness (QED) is 0.296. The first-order valence-corrected chi connectivity index (χ1v) is 6.70. The maximum absolute atomic E-state index is 11.1. The molecule has 0 radical (unpaired) electrons. The summed E-state index contributed by atoms with van der Waals surface area (Å²) < 4.78 is 32.3. The molecule has 0 aromatic carbocycles. The van der Waals surface area contributed by atoms with Gasteiger partial charge in [0.2, 0.25) is 0 Å². The molecule has 0 amide bonds. The summed E-state index contributed by atoms with van der Waals surface area (Å²) in [5, 5.41) is 29.9. The van der Waals surface area contributed by atoms with Crippen molar-refractivity contribution >= 4 is 16.1 Å². The predicted octanol–water partition coefficient (Wildman–Crippen LogP) is -2.00. The van der Waals surface area contributed by atoms with Crippen LogP contribution in [0, 0.1) is 5.92 Å². The summed E-state index contributed by atoms with van der Waals surface area (Å²) in [5.41, 5.74) is -3.48. The molecule has 1 atom stereocenters. The number of nitrogens with one attached hydrogen (secondary N) is 1. The molecule has 0 heterocycles. The first-order valence-electron chi connectivity index (χ1n) is 5.09. The Hall–Kier alpha value is -0.345. The first-order chi connectivity index (χ1) is 7.73. The average molecular weight is 267 g/mol. The summed E-state index contributed by atoms with van der Waals surface area (Å²) >= 11 is 0. The van der Waals surface area contributed by atoms with Gasteiger partial charge in [-0.05, 0) is 0 Å². The van der Waals surface area contributed by atoms with E-state index in [1.54, 1.807) is 0 Å². The molecule has 9 heteroatoms. The third-order valence-corrected chi connectivity index (χ3v) is 3.29. The number of hydrogen-bond donors (Lipinski definition) is 4. The number of rotatable bonds is 8. The van der Waals surface area contributed by atoms with Crippen LogP contribution in [0.2, 0.25) is 0 Å². The van der Waals surface area contributed by atoms with Crippen molar-refractivity contribution in [2.45, 2.75) is 31.4 Å². The number of aliphatic hydroxyl groups is 3. The van der Waals surface area contributed by atoms with Crippen molar-refractivity contribution in [3.8, 4) is 0 Å². The third-order valence-electron chi connectivity index (χ3n) is 2.28. The molecular formula is C8H18BNO6S. The van der Waals surface area contributed by atoms with Crippen LogP contribution in [0.4, 0.5) is 0 Å². The van der Waals surface area contributed by atoms with Gasteiger partial charge >= 0.3 is 100 Å². The molecular weight excluding hydrogens is 249 g/mol. The molecule has 0 spiro atoms. The molecule has 0 rings (SSSR count). The van der Waals surface area contributed by atoms with Crippen LogP contribution >= 0.6 is 0 Å². The van der Waals surface area contributed by atoms with E-state index in [-0.39, 0.29) is 18.8 Å². The molecule has 1 unspecified atom stereocenters. The van der Waals surface area contributed by atoms with Crippen molar-refractivity contribution in [3.05, 3.63) is 0 Å². The second kappa shape index (κ2) is 6.55. The molecule has 0 fully saturated rings. The predicted molar refractivity (Wildman–Crippen MR) is 60.9 cm³/mol. The molecule has 0 aromatic heterocycles. The van der Waals surface area contributed by atoms with Crippen molar-refractivity contribution in [2.75, 3.05) is 13.2 Å². The van der Waals surface area contributed by atoms with Crippen LogP contribution in [0.1, 0.15) is 20.3 Å². The minimum atomic E-state index is -4.35. The van der Waals surface area contributed by atoms with E-state index >= 15 is 0 Å². The Balaban J connectivity index is 4.94. The Morgan fingerprint density at radius 2 is 1.76 bits per heavy atom. The van der Waals surface area contributed by atoms with Crippen LogP contribution in [0.15, 0.2) is 0 Å². The maximum atomic E-state index is 11.1. The van der Waals surface area contributed by atoms with Crippen LogP contribution in [0.25, 0.3) is 0 Å². The van der Waals surface area contributed by atoms with E-state index in [4.69, 9.17) is 0 Å². The molecule has 0 bridgehead atoms. The van der Waals surface area contributed by atoms with Crippen LogP contribution < -0.4 is 5.32 Å². The standard InChI is InChI=1S/C8H18BNO6S/c1-6(2)3-8(4-11,5-12)10-7(13)17(15,16)9-14/h6-7,10-13H,3-5H2,1-2H3. The van der Waals surface area contributed by atoms with Crippen molar-refractivity contribution in [3.63, 3.8) is 0 Å². The summed E-state index contributed by atoms with van der Waals surface area (Å²) in [6.45, 7) is 2.49. The molecule has 17 heavy (non-hydrogen) atoms. The molecule has 100 valence electrons. The van der Waals surface area contributed by atoms with E-state index in [1.165, 1.54) is 0 Å². The summed E-state index contributed by atoms with van der Waals surface area (Å²) in [6, 6.07) is 0. The zero-order valence-corrected chi connectivity index (χ0v) is 10.6. The SMILES string of the molecule is CC(C)CC(CO)(CO)NC(O)S(=O)(=O)B=O. The van der Waals surface area contributed by atoms with Crippen molar-refractivity contribution in [2.24, 2.45) is 5.92 Å². The van der Waals surface area contributed by atoms with Gasteiger partial charge in [-0.2, -0.15) is 0 Å². The van der Waals surface area contributed by atoms with E-state index in [0.717, 1.165) is 0 Å². The Morgan fingerprint density at radius 1 is 1.29 bits per heavy atom. The summed E-state index contributed by atoms with van der Waals surface area (Å²) in [4.78, 5) is 0. The topological polar surface area (TPSA) is 124 Å². The van der Waals surface area contributed by atoms with Gasteiger partial charge in [0.15, 0.2) is 0 Å². The molecule has 4 N–H and O–H groups in total. The number of hydrogen-bond acceptors (Lipinski definition) is 7.